The molecule has 4 heteroatoms. The molecular weight excluding hydrogens is 228 g/mol. The van der Waals surface area contributed by atoms with E-state index in [9.17, 15) is 0 Å². The zero-order chi connectivity index (χ0) is 12.7. The molecule has 0 bridgehead atoms. The molecule has 3 rings (SSSR count). The predicted molar refractivity (Wildman–Crippen MR) is 73.3 cm³/mol. The van der Waals surface area contributed by atoms with Gasteiger partial charge in [-0.15, -0.1) is 0 Å². The first-order chi connectivity index (χ1) is 8.76. The third-order valence-corrected chi connectivity index (χ3v) is 3.18. The van der Waals surface area contributed by atoms with Crippen molar-refractivity contribution in [1.29, 1.82) is 0 Å². The highest BCUT2D eigenvalue weighted by atomic mass is 16.5. The highest BCUT2D eigenvalue weighted by Crippen LogP contribution is 2.38. The van der Waals surface area contributed by atoms with Crippen molar-refractivity contribution in [3.8, 4) is 11.5 Å². The summed E-state index contributed by atoms with van der Waals surface area (Å²) in [5.41, 5.74) is 8.39. The first-order valence-electron chi connectivity index (χ1n) is 5.67. The van der Waals surface area contributed by atoms with Gasteiger partial charge in [-0.3, -0.25) is 0 Å². The average Bonchev–Trinajstić information content (AvgIpc) is 2.76. The summed E-state index contributed by atoms with van der Waals surface area (Å²) in [4.78, 5) is 3.33. The topological polar surface area (TPSA) is 60.3 Å². The highest BCUT2D eigenvalue weighted by Gasteiger charge is 2.13. The number of aromatic nitrogens is 1. The van der Waals surface area contributed by atoms with E-state index >= 15 is 0 Å². The van der Waals surface area contributed by atoms with Crippen molar-refractivity contribution in [2.75, 3.05) is 20.0 Å². The zero-order valence-corrected chi connectivity index (χ0v) is 10.3. The van der Waals surface area contributed by atoms with Crippen molar-refractivity contribution in [2.24, 2.45) is 0 Å². The van der Waals surface area contributed by atoms with Crippen LogP contribution in [-0.4, -0.2) is 19.2 Å². The van der Waals surface area contributed by atoms with Crippen molar-refractivity contribution >= 4 is 27.5 Å². The summed E-state index contributed by atoms with van der Waals surface area (Å²) in [5, 5.41) is 2.18. The van der Waals surface area contributed by atoms with Gasteiger partial charge in [-0.05, 0) is 18.2 Å². The summed E-state index contributed by atoms with van der Waals surface area (Å²) in [6.45, 7) is 0. The van der Waals surface area contributed by atoms with E-state index in [1.165, 1.54) is 0 Å². The number of H-pyrrole nitrogens is 1. The van der Waals surface area contributed by atoms with Crippen molar-refractivity contribution in [2.45, 2.75) is 0 Å². The molecule has 0 saturated heterocycles. The number of hydrogen-bond acceptors (Lipinski definition) is 3. The van der Waals surface area contributed by atoms with E-state index in [0.717, 1.165) is 27.6 Å². The Bertz CT molecular complexity index is 731. The van der Waals surface area contributed by atoms with Crippen LogP contribution in [0.4, 0.5) is 5.69 Å². The zero-order valence-electron chi connectivity index (χ0n) is 10.3. The summed E-state index contributed by atoms with van der Waals surface area (Å²) in [6, 6.07) is 9.79. The van der Waals surface area contributed by atoms with Crippen LogP contribution in [0.3, 0.4) is 0 Å². The lowest BCUT2D eigenvalue weighted by Gasteiger charge is -2.04. The van der Waals surface area contributed by atoms with Crippen LogP contribution in [0.15, 0.2) is 30.3 Å². The minimum absolute atomic E-state index is 0.621. The quantitative estimate of drug-likeness (QED) is 0.679. The summed E-state index contributed by atoms with van der Waals surface area (Å²) < 4.78 is 10.7. The Labute approximate surface area is 104 Å². The molecule has 0 aliphatic rings. The number of rotatable bonds is 2. The van der Waals surface area contributed by atoms with Crippen molar-refractivity contribution < 1.29 is 9.47 Å². The second-order valence-electron chi connectivity index (χ2n) is 4.12. The van der Waals surface area contributed by atoms with Gasteiger partial charge in [0.25, 0.3) is 0 Å². The minimum Gasteiger partial charge on any atom is -0.495 e. The number of nitrogens with one attached hydrogen (secondary N) is 1. The van der Waals surface area contributed by atoms with Gasteiger partial charge in [0.1, 0.15) is 5.75 Å². The largest absolute Gasteiger partial charge is 0.495 e. The minimum atomic E-state index is 0.621. The third kappa shape index (κ3) is 1.32. The van der Waals surface area contributed by atoms with Gasteiger partial charge in [-0.1, -0.05) is 12.1 Å². The molecule has 92 valence electrons. The molecule has 0 unspecified atom stereocenters. The Balaban J connectivity index is 2.50. The van der Waals surface area contributed by atoms with Crippen LogP contribution in [0.25, 0.3) is 21.8 Å². The summed E-state index contributed by atoms with van der Waals surface area (Å²) in [7, 11) is 3.28. The Kier molecular flexibility index (Phi) is 2.30. The number of fused-ring (bicyclic) bond motifs is 3. The van der Waals surface area contributed by atoms with Gasteiger partial charge >= 0.3 is 0 Å². The van der Waals surface area contributed by atoms with E-state index in [1.807, 2.05) is 30.3 Å². The molecule has 0 spiro atoms. The van der Waals surface area contributed by atoms with Crippen LogP contribution < -0.4 is 15.2 Å². The van der Waals surface area contributed by atoms with Gasteiger partial charge in [-0.2, -0.15) is 0 Å². The normalized spacial score (nSPS) is 11.0. The number of methoxy groups -OCH3 is 2. The maximum Gasteiger partial charge on any atom is 0.165 e. The second-order valence-corrected chi connectivity index (χ2v) is 4.12. The standard InChI is InChI=1S/C14H14N2O2/c1-17-11-5-3-4-8-9-6-7-10(15)14(18-2)13(9)16-12(8)11/h3-7,16H,15H2,1-2H3. The van der Waals surface area contributed by atoms with Crippen LogP contribution >= 0.6 is 0 Å². The fourth-order valence-corrected chi connectivity index (χ4v) is 2.35. The van der Waals surface area contributed by atoms with Crippen LogP contribution in [0.2, 0.25) is 0 Å². The molecule has 0 atom stereocenters. The Morgan fingerprint density at radius 1 is 0.944 bits per heavy atom. The second kappa shape index (κ2) is 3.84. The summed E-state index contributed by atoms with van der Waals surface area (Å²) in [6.07, 6.45) is 0. The van der Waals surface area contributed by atoms with Crippen LogP contribution in [0.5, 0.6) is 11.5 Å². The monoisotopic (exact) mass is 242 g/mol. The fourth-order valence-electron chi connectivity index (χ4n) is 2.35. The number of anilines is 1. The number of para-hydroxylation sites is 1. The lowest BCUT2D eigenvalue weighted by atomic mass is 10.1. The molecule has 0 fully saturated rings. The van der Waals surface area contributed by atoms with Gasteiger partial charge < -0.3 is 20.2 Å². The maximum absolute atomic E-state index is 5.91. The molecule has 0 saturated carbocycles. The van der Waals surface area contributed by atoms with Crippen molar-refractivity contribution in [3.05, 3.63) is 30.3 Å². The summed E-state index contributed by atoms with van der Waals surface area (Å²) >= 11 is 0. The Hall–Kier alpha value is -2.36. The van der Waals surface area contributed by atoms with Gasteiger partial charge in [0.15, 0.2) is 5.75 Å². The lowest BCUT2D eigenvalue weighted by molar-refractivity contribution is 0.418. The molecule has 0 amide bonds. The molecule has 3 N–H and O–H groups in total. The van der Waals surface area contributed by atoms with E-state index in [0.29, 0.717) is 11.4 Å². The first kappa shape index (κ1) is 10.8. The van der Waals surface area contributed by atoms with Crippen LogP contribution in [-0.2, 0) is 0 Å². The van der Waals surface area contributed by atoms with Crippen LogP contribution in [0.1, 0.15) is 0 Å². The van der Waals surface area contributed by atoms with E-state index in [1.54, 1.807) is 14.2 Å². The van der Waals surface area contributed by atoms with E-state index < -0.39 is 0 Å². The maximum atomic E-state index is 5.91. The SMILES string of the molecule is COc1cccc2c1[nH]c1c(OC)c(N)ccc12. The van der Waals surface area contributed by atoms with Crippen LogP contribution in [0, 0.1) is 0 Å². The molecule has 0 aliphatic heterocycles. The van der Waals surface area contributed by atoms with Crippen molar-refractivity contribution in [1.82, 2.24) is 4.98 Å². The Morgan fingerprint density at radius 2 is 1.72 bits per heavy atom. The van der Waals surface area contributed by atoms with Gasteiger partial charge in [0.2, 0.25) is 0 Å². The fraction of sp³-hybridized carbons (Fsp3) is 0.143. The molecule has 3 aromatic rings. The smallest absolute Gasteiger partial charge is 0.165 e. The van der Waals surface area contributed by atoms with E-state index in [-0.39, 0.29) is 0 Å². The highest BCUT2D eigenvalue weighted by molar-refractivity contribution is 6.12. The average molecular weight is 242 g/mol. The van der Waals surface area contributed by atoms with Crippen molar-refractivity contribution in [3.63, 3.8) is 0 Å². The molecule has 0 radical (unpaired) electrons. The molecular formula is C14H14N2O2. The van der Waals surface area contributed by atoms with Gasteiger partial charge in [0.05, 0.1) is 30.9 Å². The number of benzene rings is 2. The predicted octanol–water partition coefficient (Wildman–Crippen LogP) is 2.92. The molecule has 18 heavy (non-hydrogen) atoms. The number of nitrogens with two attached hydrogens (primary N) is 1. The summed E-state index contributed by atoms with van der Waals surface area (Å²) in [5.74, 6) is 1.48. The van der Waals surface area contributed by atoms with E-state index in [4.69, 9.17) is 15.2 Å². The molecule has 1 aromatic heterocycles. The number of ether oxygens (including phenoxy) is 2. The first-order valence-corrected chi connectivity index (χ1v) is 5.67. The molecule has 0 aliphatic carbocycles. The third-order valence-electron chi connectivity index (χ3n) is 3.18. The number of aromatic amines is 1. The molecule has 4 nitrogen and oxygen atoms in total. The molecule has 2 aromatic carbocycles. The number of nitrogen functional groups attached to an aromatic ring is 1. The van der Waals surface area contributed by atoms with Gasteiger partial charge in [-0.25, -0.2) is 0 Å². The van der Waals surface area contributed by atoms with E-state index in [2.05, 4.69) is 4.98 Å². The number of hydrogen-bond donors (Lipinski definition) is 2. The van der Waals surface area contributed by atoms with Gasteiger partial charge in [0, 0.05) is 10.8 Å². The Morgan fingerprint density at radius 3 is 2.44 bits per heavy atom. The lowest BCUT2D eigenvalue weighted by Crippen LogP contribution is -1.92. The molecule has 1 heterocycles.